The molecule has 0 fully saturated rings. The molecule has 0 atom stereocenters. The molecule has 0 aliphatic rings. The molecule has 0 saturated carbocycles. The minimum atomic E-state index is -4.73. The standard InChI is InChI=1S/C4H10NO6P/c5-3-1-2-4(6)10-11-12(7,8)9/h1-3,5H2,(H2,7,8,9). The van der Waals surface area contributed by atoms with Gasteiger partial charge in [-0.05, 0) is 13.0 Å². The first-order valence-electron chi connectivity index (χ1n) is 3.10. The van der Waals surface area contributed by atoms with Crippen molar-refractivity contribution in [1.29, 1.82) is 0 Å². The van der Waals surface area contributed by atoms with E-state index in [1.165, 1.54) is 0 Å². The third kappa shape index (κ3) is 7.64. The molecular formula is C4H10NO6P. The largest absolute Gasteiger partial charge is 0.505 e. The van der Waals surface area contributed by atoms with Gasteiger partial charge in [-0.15, -0.1) is 0 Å². The van der Waals surface area contributed by atoms with E-state index in [-0.39, 0.29) is 6.42 Å². The Hall–Kier alpha value is -0.460. The Kier molecular flexibility index (Phi) is 5.03. The maximum Gasteiger partial charge on any atom is 0.505 e. The van der Waals surface area contributed by atoms with Crippen molar-refractivity contribution in [3.05, 3.63) is 0 Å². The zero-order valence-electron chi connectivity index (χ0n) is 6.17. The summed E-state index contributed by atoms with van der Waals surface area (Å²) in [5.41, 5.74) is 5.06. The van der Waals surface area contributed by atoms with Crippen molar-refractivity contribution < 1.29 is 28.7 Å². The lowest BCUT2D eigenvalue weighted by Crippen LogP contribution is -2.07. The third-order valence-corrected chi connectivity index (χ3v) is 1.08. The van der Waals surface area contributed by atoms with E-state index in [4.69, 9.17) is 15.5 Å². The molecule has 0 bridgehead atoms. The molecule has 0 radical (unpaired) electrons. The fourth-order valence-corrected chi connectivity index (χ4v) is 0.558. The van der Waals surface area contributed by atoms with Crippen molar-refractivity contribution in [2.75, 3.05) is 6.54 Å². The van der Waals surface area contributed by atoms with Crippen LogP contribution in [0.25, 0.3) is 0 Å². The number of hydrogen-bond acceptors (Lipinski definition) is 5. The Balaban J connectivity index is 3.51. The summed E-state index contributed by atoms with van der Waals surface area (Å²) < 4.78 is 13.4. The summed E-state index contributed by atoms with van der Waals surface area (Å²) in [4.78, 5) is 30.4. The maximum atomic E-state index is 10.5. The Labute approximate surface area is 68.6 Å². The maximum absolute atomic E-state index is 10.5. The summed E-state index contributed by atoms with van der Waals surface area (Å²) in [6, 6.07) is 0. The van der Waals surface area contributed by atoms with Crippen LogP contribution in [0.15, 0.2) is 0 Å². The highest BCUT2D eigenvalue weighted by Crippen LogP contribution is 2.35. The fourth-order valence-electron chi connectivity index (χ4n) is 0.378. The molecule has 12 heavy (non-hydrogen) atoms. The van der Waals surface area contributed by atoms with E-state index in [1.54, 1.807) is 0 Å². The topological polar surface area (TPSA) is 119 Å². The van der Waals surface area contributed by atoms with Crippen LogP contribution in [-0.4, -0.2) is 22.3 Å². The zero-order valence-corrected chi connectivity index (χ0v) is 7.07. The lowest BCUT2D eigenvalue weighted by Gasteiger charge is -2.02. The molecule has 0 saturated heterocycles. The Bertz CT molecular complexity index is 188. The monoisotopic (exact) mass is 199 g/mol. The number of carbonyl (C=O) groups is 1. The second-order valence-electron chi connectivity index (χ2n) is 1.91. The minimum absolute atomic E-state index is 0.0312. The minimum Gasteiger partial charge on any atom is -0.330 e. The van der Waals surface area contributed by atoms with Crippen LogP contribution in [0.3, 0.4) is 0 Å². The predicted octanol–water partition coefficient (Wildman–Crippen LogP) is -0.707. The van der Waals surface area contributed by atoms with Crippen molar-refractivity contribution >= 4 is 13.8 Å². The van der Waals surface area contributed by atoms with E-state index < -0.39 is 13.8 Å². The van der Waals surface area contributed by atoms with Crippen molar-refractivity contribution in [1.82, 2.24) is 0 Å². The van der Waals surface area contributed by atoms with Gasteiger partial charge in [-0.1, -0.05) is 4.67 Å². The number of rotatable bonds is 5. The molecule has 0 unspecified atom stereocenters. The second kappa shape index (κ2) is 5.23. The lowest BCUT2D eigenvalue weighted by atomic mass is 10.3. The van der Waals surface area contributed by atoms with Crippen molar-refractivity contribution in [3.63, 3.8) is 0 Å². The average molecular weight is 199 g/mol. The molecule has 72 valence electrons. The van der Waals surface area contributed by atoms with Gasteiger partial charge in [-0.2, -0.15) is 0 Å². The Morgan fingerprint density at radius 3 is 2.50 bits per heavy atom. The summed E-state index contributed by atoms with van der Waals surface area (Å²) >= 11 is 0. The summed E-state index contributed by atoms with van der Waals surface area (Å²) in [5.74, 6) is -0.858. The van der Waals surface area contributed by atoms with Gasteiger partial charge in [-0.25, -0.2) is 9.36 Å². The van der Waals surface area contributed by atoms with Crippen LogP contribution in [0.4, 0.5) is 0 Å². The van der Waals surface area contributed by atoms with Crippen LogP contribution in [0.1, 0.15) is 12.8 Å². The van der Waals surface area contributed by atoms with Crippen LogP contribution in [0, 0.1) is 0 Å². The van der Waals surface area contributed by atoms with Crippen molar-refractivity contribution in [2.24, 2.45) is 5.73 Å². The van der Waals surface area contributed by atoms with Gasteiger partial charge in [0.05, 0.1) is 6.42 Å². The SMILES string of the molecule is NCCCC(=O)OOP(=O)(O)O. The molecular weight excluding hydrogens is 189 g/mol. The van der Waals surface area contributed by atoms with Gasteiger partial charge in [-0.3, -0.25) is 4.89 Å². The van der Waals surface area contributed by atoms with E-state index in [2.05, 4.69) is 9.56 Å². The number of hydrogen-bond donors (Lipinski definition) is 3. The van der Waals surface area contributed by atoms with Crippen molar-refractivity contribution in [2.45, 2.75) is 12.8 Å². The van der Waals surface area contributed by atoms with Crippen molar-refractivity contribution in [3.8, 4) is 0 Å². The van der Waals surface area contributed by atoms with E-state index in [0.717, 1.165) is 0 Å². The van der Waals surface area contributed by atoms with Gasteiger partial charge in [0.15, 0.2) is 0 Å². The summed E-state index contributed by atoms with van der Waals surface area (Å²) in [7, 11) is -4.73. The zero-order chi connectivity index (χ0) is 9.61. The molecule has 0 aromatic carbocycles. The highest BCUT2D eigenvalue weighted by molar-refractivity contribution is 7.46. The van der Waals surface area contributed by atoms with E-state index in [0.29, 0.717) is 13.0 Å². The first-order valence-corrected chi connectivity index (χ1v) is 4.63. The molecule has 0 aromatic rings. The van der Waals surface area contributed by atoms with E-state index in [1.807, 2.05) is 0 Å². The molecule has 0 spiro atoms. The highest BCUT2D eigenvalue weighted by Gasteiger charge is 2.18. The first-order chi connectivity index (χ1) is 5.45. The predicted molar refractivity (Wildman–Crippen MR) is 37.5 cm³/mol. The average Bonchev–Trinajstić information content (AvgIpc) is 1.95. The van der Waals surface area contributed by atoms with Gasteiger partial charge >= 0.3 is 13.8 Å². The molecule has 0 aromatic heterocycles. The Morgan fingerprint density at radius 1 is 1.50 bits per heavy atom. The van der Waals surface area contributed by atoms with E-state index >= 15 is 0 Å². The van der Waals surface area contributed by atoms with E-state index in [9.17, 15) is 9.36 Å². The van der Waals surface area contributed by atoms with Crippen LogP contribution in [-0.2, 0) is 18.9 Å². The summed E-state index contributed by atoms with van der Waals surface area (Å²) in [6.07, 6.45) is 0.347. The van der Waals surface area contributed by atoms with Gasteiger partial charge < -0.3 is 15.5 Å². The second-order valence-corrected chi connectivity index (χ2v) is 3.04. The molecule has 0 amide bonds. The van der Waals surface area contributed by atoms with Gasteiger partial charge in [0, 0.05) is 0 Å². The van der Waals surface area contributed by atoms with Gasteiger partial charge in [0.1, 0.15) is 0 Å². The number of nitrogens with two attached hydrogens (primary N) is 1. The van der Waals surface area contributed by atoms with Gasteiger partial charge in [0.25, 0.3) is 0 Å². The smallest absolute Gasteiger partial charge is 0.330 e. The normalized spacial score (nSPS) is 11.2. The molecule has 0 rings (SSSR count). The van der Waals surface area contributed by atoms with Crippen LogP contribution in [0.2, 0.25) is 0 Å². The quantitative estimate of drug-likeness (QED) is 0.304. The van der Waals surface area contributed by atoms with Crippen LogP contribution >= 0.6 is 7.82 Å². The number of phosphoric acid groups is 1. The van der Waals surface area contributed by atoms with Gasteiger partial charge in [0.2, 0.25) is 0 Å². The molecule has 0 aliphatic heterocycles. The fraction of sp³-hybridized carbons (Fsp3) is 0.750. The number of carbonyl (C=O) groups excluding carboxylic acids is 1. The Morgan fingerprint density at radius 2 is 2.08 bits per heavy atom. The van der Waals surface area contributed by atoms with Crippen LogP contribution < -0.4 is 5.73 Å². The molecule has 8 heteroatoms. The molecule has 0 heterocycles. The third-order valence-electron chi connectivity index (χ3n) is 0.812. The summed E-state index contributed by atoms with van der Waals surface area (Å²) in [5, 5.41) is 0. The molecule has 4 N–H and O–H groups in total. The first kappa shape index (κ1) is 11.5. The van der Waals surface area contributed by atoms with Crippen LogP contribution in [0.5, 0.6) is 0 Å². The molecule has 7 nitrogen and oxygen atoms in total. The highest BCUT2D eigenvalue weighted by atomic mass is 31.2. The lowest BCUT2D eigenvalue weighted by molar-refractivity contribution is -0.222. The summed E-state index contributed by atoms with van der Waals surface area (Å²) in [6.45, 7) is 0.297. The molecule has 0 aliphatic carbocycles.